The first-order valence-electron chi connectivity index (χ1n) is 5.56. The Morgan fingerprint density at radius 3 is 3.07 bits per heavy atom. The van der Waals surface area contributed by atoms with Gasteiger partial charge in [-0.3, -0.25) is 9.69 Å². The number of hydrogen-bond donors (Lipinski definition) is 0. The van der Waals surface area contributed by atoms with Crippen LogP contribution in [-0.2, 0) is 16.8 Å². The number of likely N-dealkylation sites (N-methyl/N-ethyl adjacent to an activating group) is 1. The van der Waals surface area contributed by atoms with Gasteiger partial charge in [0, 0.05) is 24.9 Å². The second-order valence-corrected chi connectivity index (χ2v) is 4.57. The summed E-state index contributed by atoms with van der Waals surface area (Å²) in [4.78, 5) is 14.3. The summed E-state index contributed by atoms with van der Waals surface area (Å²) in [5.41, 5.74) is 0.777. The van der Waals surface area contributed by atoms with Crippen molar-refractivity contribution in [2.75, 3.05) is 13.6 Å². The number of fused-ring (bicyclic) bond motifs is 2. The van der Waals surface area contributed by atoms with Gasteiger partial charge in [0.05, 0.1) is 6.26 Å². The number of Topliss-reactive ketones (excluding diaryl/α,β-unsaturated/α-hetero) is 1. The average Bonchev–Trinajstić information content (AvgIpc) is 2.81. The van der Waals surface area contributed by atoms with Crippen molar-refractivity contribution in [1.29, 1.82) is 0 Å². The molecule has 1 fully saturated rings. The van der Waals surface area contributed by atoms with Crippen molar-refractivity contribution in [1.82, 2.24) is 4.90 Å². The molecule has 3 nitrogen and oxygen atoms in total. The number of ketones is 1. The van der Waals surface area contributed by atoms with Crippen molar-refractivity contribution in [2.45, 2.75) is 31.2 Å². The predicted molar refractivity (Wildman–Crippen MR) is 55.6 cm³/mol. The van der Waals surface area contributed by atoms with E-state index in [-0.39, 0.29) is 5.54 Å². The van der Waals surface area contributed by atoms with Crippen LogP contribution in [0.1, 0.15) is 30.6 Å². The molecule has 3 heteroatoms. The summed E-state index contributed by atoms with van der Waals surface area (Å²) < 4.78 is 5.46. The third-order valence-corrected chi connectivity index (χ3v) is 3.92. The average molecular weight is 205 g/mol. The number of nitrogens with zero attached hydrogens (tertiary/aromatic N) is 1. The molecule has 0 radical (unpaired) electrons. The van der Waals surface area contributed by atoms with E-state index >= 15 is 0 Å². The van der Waals surface area contributed by atoms with Crippen molar-refractivity contribution in [3.8, 4) is 0 Å². The Bertz CT molecular complexity index is 410. The minimum atomic E-state index is -0.347. The van der Waals surface area contributed by atoms with Gasteiger partial charge in [0.25, 0.3) is 0 Å². The Kier molecular flexibility index (Phi) is 1.80. The van der Waals surface area contributed by atoms with Crippen LogP contribution in [0.15, 0.2) is 16.7 Å². The molecule has 2 heterocycles. The van der Waals surface area contributed by atoms with Gasteiger partial charge in [0.1, 0.15) is 11.3 Å². The lowest BCUT2D eigenvalue weighted by molar-refractivity contribution is -0.126. The molecule has 1 aliphatic heterocycles. The molecule has 1 aromatic rings. The van der Waals surface area contributed by atoms with Crippen molar-refractivity contribution in [3.05, 3.63) is 23.7 Å². The van der Waals surface area contributed by atoms with Crippen LogP contribution < -0.4 is 0 Å². The van der Waals surface area contributed by atoms with Gasteiger partial charge < -0.3 is 4.42 Å². The fourth-order valence-corrected chi connectivity index (χ4v) is 3.11. The first kappa shape index (κ1) is 9.16. The van der Waals surface area contributed by atoms with E-state index in [9.17, 15) is 4.79 Å². The van der Waals surface area contributed by atoms with Crippen molar-refractivity contribution < 1.29 is 9.21 Å². The Morgan fingerprint density at radius 2 is 2.33 bits per heavy atom. The van der Waals surface area contributed by atoms with Crippen LogP contribution in [0, 0.1) is 0 Å². The van der Waals surface area contributed by atoms with E-state index in [1.54, 1.807) is 6.26 Å². The smallest absolute Gasteiger partial charge is 0.159 e. The van der Waals surface area contributed by atoms with Crippen LogP contribution in [0.25, 0.3) is 0 Å². The highest BCUT2D eigenvalue weighted by atomic mass is 16.3. The predicted octanol–water partition coefficient (Wildman–Crippen LogP) is 1.72. The fraction of sp³-hybridized carbons (Fsp3) is 0.583. The molecule has 2 aliphatic rings. The molecule has 3 rings (SSSR count). The Labute approximate surface area is 89.1 Å². The summed E-state index contributed by atoms with van der Waals surface area (Å²) in [7, 11) is 2.05. The minimum Gasteiger partial charge on any atom is -0.469 e. The van der Waals surface area contributed by atoms with E-state index in [0.29, 0.717) is 12.2 Å². The summed E-state index contributed by atoms with van der Waals surface area (Å²) >= 11 is 0. The highest BCUT2D eigenvalue weighted by Crippen LogP contribution is 2.44. The lowest BCUT2D eigenvalue weighted by Gasteiger charge is -2.37. The first-order valence-corrected chi connectivity index (χ1v) is 5.56. The highest BCUT2D eigenvalue weighted by Gasteiger charge is 2.50. The maximum Gasteiger partial charge on any atom is 0.159 e. The van der Waals surface area contributed by atoms with Gasteiger partial charge in [-0.1, -0.05) is 0 Å². The third-order valence-electron chi connectivity index (χ3n) is 3.92. The zero-order chi connectivity index (χ0) is 10.5. The Morgan fingerprint density at radius 1 is 1.47 bits per heavy atom. The normalized spacial score (nSPS) is 31.1. The van der Waals surface area contributed by atoms with Gasteiger partial charge in [-0.2, -0.15) is 0 Å². The van der Waals surface area contributed by atoms with E-state index in [4.69, 9.17) is 4.42 Å². The summed E-state index contributed by atoms with van der Waals surface area (Å²) in [6.45, 7) is 0.878. The molecule has 0 saturated carbocycles. The van der Waals surface area contributed by atoms with Gasteiger partial charge in [-0.15, -0.1) is 0 Å². The second kappa shape index (κ2) is 2.95. The largest absolute Gasteiger partial charge is 0.469 e. The maximum absolute atomic E-state index is 12.1. The molecule has 0 N–H and O–H groups in total. The van der Waals surface area contributed by atoms with Gasteiger partial charge in [-0.05, 0) is 26.0 Å². The summed E-state index contributed by atoms with van der Waals surface area (Å²) in [6.07, 6.45) is 5.38. The van der Waals surface area contributed by atoms with E-state index in [1.807, 2.05) is 13.1 Å². The standard InChI is InChI=1S/C12H15NO2/c1-13-7-4-11(14)12(13)6-2-3-10-9(12)5-8-15-10/h5,8H,2-4,6-7H2,1H3. The van der Waals surface area contributed by atoms with Gasteiger partial charge in [0.2, 0.25) is 0 Å². The van der Waals surface area contributed by atoms with Crippen LogP contribution in [0.3, 0.4) is 0 Å². The summed E-state index contributed by atoms with van der Waals surface area (Å²) in [5, 5.41) is 0. The second-order valence-electron chi connectivity index (χ2n) is 4.57. The molecule has 1 aromatic heterocycles. The van der Waals surface area contributed by atoms with Gasteiger partial charge in [0.15, 0.2) is 5.78 Å². The lowest BCUT2D eigenvalue weighted by Crippen LogP contribution is -2.45. The number of carbonyl (C=O) groups is 1. The summed E-state index contributed by atoms with van der Waals surface area (Å²) in [6, 6.07) is 1.98. The Hall–Kier alpha value is -1.09. The number of carbonyl (C=O) groups excluding carboxylic acids is 1. The molecule has 1 spiro atoms. The first-order chi connectivity index (χ1) is 7.25. The SMILES string of the molecule is CN1CCC(=O)C12CCCc1occc12. The molecular formula is C12H15NO2. The molecular weight excluding hydrogens is 190 g/mol. The molecule has 0 amide bonds. The molecule has 1 atom stereocenters. The zero-order valence-corrected chi connectivity index (χ0v) is 8.95. The van der Waals surface area contributed by atoms with Crippen LogP contribution in [0.4, 0.5) is 0 Å². The van der Waals surface area contributed by atoms with Crippen LogP contribution >= 0.6 is 0 Å². The van der Waals surface area contributed by atoms with Gasteiger partial charge in [-0.25, -0.2) is 0 Å². The molecule has 0 bridgehead atoms. The monoisotopic (exact) mass is 205 g/mol. The van der Waals surface area contributed by atoms with Gasteiger partial charge >= 0.3 is 0 Å². The van der Waals surface area contributed by atoms with Crippen LogP contribution in [0.5, 0.6) is 0 Å². The van der Waals surface area contributed by atoms with Crippen molar-refractivity contribution in [3.63, 3.8) is 0 Å². The summed E-state index contributed by atoms with van der Waals surface area (Å²) in [5.74, 6) is 1.38. The highest BCUT2D eigenvalue weighted by molar-refractivity contribution is 5.92. The zero-order valence-electron chi connectivity index (χ0n) is 8.95. The number of likely N-dealkylation sites (tertiary alicyclic amines) is 1. The van der Waals surface area contributed by atoms with Crippen LogP contribution in [0.2, 0.25) is 0 Å². The van der Waals surface area contributed by atoms with E-state index in [2.05, 4.69) is 4.90 Å². The van der Waals surface area contributed by atoms with Crippen molar-refractivity contribution >= 4 is 5.78 Å². The molecule has 1 unspecified atom stereocenters. The van der Waals surface area contributed by atoms with E-state index < -0.39 is 0 Å². The molecule has 15 heavy (non-hydrogen) atoms. The third kappa shape index (κ3) is 1.01. The topological polar surface area (TPSA) is 33.5 Å². The molecule has 1 saturated heterocycles. The molecule has 80 valence electrons. The molecule has 1 aliphatic carbocycles. The number of hydrogen-bond acceptors (Lipinski definition) is 3. The van der Waals surface area contributed by atoms with Crippen molar-refractivity contribution in [2.24, 2.45) is 0 Å². The quantitative estimate of drug-likeness (QED) is 0.646. The maximum atomic E-state index is 12.1. The van der Waals surface area contributed by atoms with Crippen LogP contribution in [-0.4, -0.2) is 24.3 Å². The lowest BCUT2D eigenvalue weighted by atomic mass is 9.77. The number of furan rings is 1. The number of aryl methyl sites for hydroxylation is 1. The Balaban J connectivity index is 2.18. The van der Waals surface area contributed by atoms with E-state index in [1.165, 1.54) is 0 Å². The fourth-order valence-electron chi connectivity index (χ4n) is 3.11. The minimum absolute atomic E-state index is 0.347. The number of rotatable bonds is 0. The molecule has 0 aromatic carbocycles. The van der Waals surface area contributed by atoms with E-state index in [0.717, 1.165) is 37.1 Å².